The van der Waals surface area contributed by atoms with E-state index in [1.165, 1.54) is 68.9 Å². The molecule has 0 bridgehead atoms. The van der Waals surface area contributed by atoms with Crippen LogP contribution in [0, 0.1) is 0 Å². The minimum Gasteiger partial charge on any atom is -0.456 e. The van der Waals surface area contributed by atoms with Gasteiger partial charge in [-0.15, -0.1) is 22.7 Å². The molecular weight excluding hydrogens is 889 g/mol. The van der Waals surface area contributed by atoms with Gasteiger partial charge in [0.15, 0.2) is 0 Å². The van der Waals surface area contributed by atoms with E-state index >= 15 is 0 Å². The largest absolute Gasteiger partial charge is 0.456 e. The van der Waals surface area contributed by atoms with Crippen molar-refractivity contribution in [3.05, 3.63) is 260 Å². The van der Waals surface area contributed by atoms with Gasteiger partial charge >= 0.3 is 0 Å². The monoisotopic (exact) mass is 932 g/mol. The molecule has 5 heteroatoms. The molecule has 10 aromatic carbocycles. The summed E-state index contributed by atoms with van der Waals surface area (Å²) in [6.45, 7) is 0.777. The molecule has 0 atom stereocenters. The van der Waals surface area contributed by atoms with Crippen molar-refractivity contribution in [1.29, 1.82) is 0 Å². The van der Waals surface area contributed by atoms with Crippen LogP contribution in [-0.4, -0.2) is 0 Å². The molecule has 13 aromatic rings. The van der Waals surface area contributed by atoms with Crippen molar-refractivity contribution in [1.82, 2.24) is 0 Å². The van der Waals surface area contributed by atoms with Gasteiger partial charge in [0.1, 0.15) is 11.2 Å². The van der Waals surface area contributed by atoms with E-state index in [-0.39, 0.29) is 0 Å². The van der Waals surface area contributed by atoms with Crippen LogP contribution in [0.3, 0.4) is 0 Å². The standard InChI is InChI=1S/C65H44N2OS2/c1-5-17-44(18-6-1)43-66(49-19-7-2-8-20-49)50-35-29-45(30-36-50)64-62(54-25-13-15-27-60(54)69-64)47-33-39-58-56(41-47)57-42-48(34-40-59(57)68-58)63-55-26-14-16-28-61(55)70-65(63)46-31-37-53(38-32-46)67(51-21-9-3-10-22-51)52-23-11-4-12-24-52/h1-42H,43H2. The molecule has 0 N–H and O–H groups in total. The number of rotatable bonds is 11. The third-order valence-electron chi connectivity index (χ3n) is 13.3. The zero-order chi connectivity index (χ0) is 46.4. The molecular formula is C65H44N2OS2. The van der Waals surface area contributed by atoms with Crippen LogP contribution in [0.5, 0.6) is 0 Å². The van der Waals surface area contributed by atoms with Gasteiger partial charge in [-0.05, 0) is 125 Å². The fourth-order valence-corrected chi connectivity index (χ4v) is 12.5. The lowest BCUT2D eigenvalue weighted by Crippen LogP contribution is -2.16. The highest BCUT2D eigenvalue weighted by molar-refractivity contribution is 7.23. The maximum absolute atomic E-state index is 6.62. The quantitative estimate of drug-likeness (QED) is 0.129. The van der Waals surface area contributed by atoms with Gasteiger partial charge in [-0.3, -0.25) is 0 Å². The van der Waals surface area contributed by atoms with Crippen molar-refractivity contribution in [2.45, 2.75) is 6.54 Å². The summed E-state index contributed by atoms with van der Waals surface area (Å²) in [5.74, 6) is 0. The lowest BCUT2D eigenvalue weighted by Gasteiger charge is -2.25. The van der Waals surface area contributed by atoms with Crippen LogP contribution in [0.2, 0.25) is 0 Å². The van der Waals surface area contributed by atoms with Crippen molar-refractivity contribution in [3.63, 3.8) is 0 Å². The molecule has 0 saturated carbocycles. The molecule has 332 valence electrons. The molecule has 0 amide bonds. The van der Waals surface area contributed by atoms with Crippen LogP contribution in [0.4, 0.5) is 28.4 Å². The molecule has 0 spiro atoms. The second-order valence-corrected chi connectivity index (χ2v) is 19.7. The molecule has 3 nitrogen and oxygen atoms in total. The topological polar surface area (TPSA) is 19.6 Å². The summed E-state index contributed by atoms with van der Waals surface area (Å²) in [5.41, 5.74) is 15.9. The molecule has 0 radical (unpaired) electrons. The third-order valence-corrected chi connectivity index (χ3v) is 15.8. The number of anilines is 5. The van der Waals surface area contributed by atoms with Crippen LogP contribution in [0.25, 0.3) is 85.2 Å². The number of benzene rings is 10. The van der Waals surface area contributed by atoms with Gasteiger partial charge < -0.3 is 14.2 Å². The molecule has 0 fully saturated rings. The van der Waals surface area contributed by atoms with Gasteiger partial charge in [0.2, 0.25) is 0 Å². The Hall–Kier alpha value is -8.48. The molecule has 0 aliphatic carbocycles. The van der Waals surface area contributed by atoms with E-state index < -0.39 is 0 Å². The maximum Gasteiger partial charge on any atom is 0.135 e. The molecule has 3 aromatic heterocycles. The van der Waals surface area contributed by atoms with Gasteiger partial charge in [-0.1, -0.05) is 158 Å². The van der Waals surface area contributed by atoms with Crippen molar-refractivity contribution in [2.24, 2.45) is 0 Å². The fraction of sp³-hybridized carbons (Fsp3) is 0.0154. The first kappa shape index (κ1) is 41.7. The molecule has 0 aliphatic heterocycles. The smallest absolute Gasteiger partial charge is 0.135 e. The Kier molecular flexibility index (Phi) is 10.6. The lowest BCUT2D eigenvalue weighted by molar-refractivity contribution is 0.669. The van der Waals surface area contributed by atoms with Crippen LogP contribution >= 0.6 is 22.7 Å². The Labute approximate surface area is 415 Å². The zero-order valence-electron chi connectivity index (χ0n) is 38.1. The zero-order valence-corrected chi connectivity index (χ0v) is 39.7. The first-order valence-corrected chi connectivity index (χ1v) is 25.3. The van der Waals surface area contributed by atoms with Gasteiger partial charge in [0.05, 0.1) is 0 Å². The Morgan fingerprint density at radius 1 is 0.314 bits per heavy atom. The van der Waals surface area contributed by atoms with Gasteiger partial charge in [0.25, 0.3) is 0 Å². The molecule has 0 saturated heterocycles. The molecule has 0 aliphatic rings. The average Bonchev–Trinajstić information content (AvgIpc) is 4.13. The average molecular weight is 933 g/mol. The molecule has 13 rings (SSSR count). The van der Waals surface area contributed by atoms with Crippen LogP contribution in [0.15, 0.2) is 259 Å². The number of furan rings is 1. The number of hydrogen-bond acceptors (Lipinski definition) is 5. The number of nitrogens with zero attached hydrogens (tertiary/aromatic N) is 2. The number of para-hydroxylation sites is 3. The van der Waals surface area contributed by atoms with E-state index in [2.05, 4.69) is 265 Å². The summed E-state index contributed by atoms with van der Waals surface area (Å²) >= 11 is 3.71. The lowest BCUT2D eigenvalue weighted by atomic mass is 9.95. The van der Waals surface area contributed by atoms with E-state index in [1.807, 2.05) is 22.7 Å². The van der Waals surface area contributed by atoms with E-state index in [0.29, 0.717) is 0 Å². The Balaban J connectivity index is 0.892. The van der Waals surface area contributed by atoms with Crippen LogP contribution in [0.1, 0.15) is 5.56 Å². The van der Waals surface area contributed by atoms with Gasteiger partial charge in [-0.2, -0.15) is 0 Å². The summed E-state index contributed by atoms with van der Waals surface area (Å²) in [6, 6.07) is 91.8. The number of thiophene rings is 2. The number of hydrogen-bond donors (Lipinski definition) is 0. The molecule has 0 unspecified atom stereocenters. The first-order chi connectivity index (χ1) is 34.7. The van der Waals surface area contributed by atoms with Crippen molar-refractivity contribution < 1.29 is 4.42 Å². The first-order valence-electron chi connectivity index (χ1n) is 23.7. The summed E-state index contributed by atoms with van der Waals surface area (Å²) < 4.78 is 9.15. The van der Waals surface area contributed by atoms with Crippen molar-refractivity contribution in [3.8, 4) is 43.1 Å². The second-order valence-electron chi connectivity index (χ2n) is 17.6. The highest BCUT2D eigenvalue weighted by Crippen LogP contribution is 2.49. The number of fused-ring (bicyclic) bond motifs is 5. The van der Waals surface area contributed by atoms with E-state index in [0.717, 1.165) is 56.9 Å². The SMILES string of the molecule is c1ccc(CN(c2ccccc2)c2ccc(-c3sc4ccccc4c3-c3ccc4oc5ccc(-c6c(-c7ccc(N(c8ccccc8)c8ccccc8)cc7)sc7ccccc67)cc5c4c3)cc2)cc1. The Bertz CT molecular complexity index is 3910. The summed E-state index contributed by atoms with van der Waals surface area (Å²) in [7, 11) is 0. The highest BCUT2D eigenvalue weighted by atomic mass is 32.1. The minimum absolute atomic E-state index is 0.777. The predicted molar refractivity (Wildman–Crippen MR) is 300 cm³/mol. The Morgan fingerprint density at radius 3 is 1.17 bits per heavy atom. The Morgan fingerprint density at radius 2 is 0.686 bits per heavy atom. The van der Waals surface area contributed by atoms with E-state index in [4.69, 9.17) is 4.42 Å². The predicted octanol–water partition coefficient (Wildman–Crippen LogP) is 19.5. The maximum atomic E-state index is 6.62. The summed E-state index contributed by atoms with van der Waals surface area (Å²) in [6.07, 6.45) is 0. The van der Waals surface area contributed by atoms with Crippen LogP contribution in [-0.2, 0) is 6.54 Å². The second kappa shape index (κ2) is 17.9. The summed E-state index contributed by atoms with van der Waals surface area (Å²) in [4.78, 5) is 7.21. The molecule has 3 heterocycles. The van der Waals surface area contributed by atoms with Crippen molar-refractivity contribution >= 4 is 93.2 Å². The van der Waals surface area contributed by atoms with E-state index in [9.17, 15) is 0 Å². The highest BCUT2D eigenvalue weighted by Gasteiger charge is 2.22. The van der Waals surface area contributed by atoms with Gasteiger partial charge in [0, 0.05) is 86.8 Å². The third kappa shape index (κ3) is 7.62. The normalized spacial score (nSPS) is 11.5. The van der Waals surface area contributed by atoms with E-state index in [1.54, 1.807) is 0 Å². The fourth-order valence-electron chi connectivity index (χ4n) is 10.0. The van der Waals surface area contributed by atoms with Crippen LogP contribution < -0.4 is 9.80 Å². The molecule has 70 heavy (non-hydrogen) atoms. The van der Waals surface area contributed by atoms with Gasteiger partial charge in [-0.25, -0.2) is 0 Å². The summed E-state index contributed by atoms with van der Waals surface area (Å²) in [5, 5.41) is 4.72. The minimum atomic E-state index is 0.777. The van der Waals surface area contributed by atoms with Crippen molar-refractivity contribution in [2.75, 3.05) is 9.80 Å².